The van der Waals surface area contributed by atoms with Crippen molar-refractivity contribution in [1.29, 1.82) is 0 Å². The van der Waals surface area contributed by atoms with Crippen LogP contribution in [0.15, 0.2) is 4.79 Å². The van der Waals surface area contributed by atoms with Gasteiger partial charge < -0.3 is 4.98 Å². The predicted octanol–water partition coefficient (Wildman–Crippen LogP) is 2.58. The van der Waals surface area contributed by atoms with Crippen LogP contribution in [-0.2, 0) is 12.8 Å². The largest absolute Gasteiger partial charge is 0.309 e. The zero-order valence-electron chi connectivity index (χ0n) is 9.93. The Morgan fingerprint density at radius 1 is 1.50 bits per heavy atom. The van der Waals surface area contributed by atoms with Crippen LogP contribution in [0, 0.1) is 5.41 Å². The third-order valence-electron chi connectivity index (χ3n) is 3.19. The molecule has 0 amide bonds. The van der Waals surface area contributed by atoms with Gasteiger partial charge in [-0.25, -0.2) is 4.98 Å². The molecule has 1 unspecified atom stereocenters. The third-order valence-corrected chi connectivity index (χ3v) is 3.40. The van der Waals surface area contributed by atoms with E-state index in [0.29, 0.717) is 5.82 Å². The number of nitrogens with one attached hydrogen (secondary N) is 1. The number of hydrogen-bond donors (Lipinski definition) is 1. The summed E-state index contributed by atoms with van der Waals surface area (Å²) in [5.74, 6) is 0.588. The maximum atomic E-state index is 11.9. The fourth-order valence-electron chi connectivity index (χ4n) is 2.16. The molecule has 88 valence electrons. The molecular weight excluding hydrogens is 224 g/mol. The predicted molar refractivity (Wildman–Crippen MR) is 64.9 cm³/mol. The SMILES string of the molecule is CC(Cl)c1nc2c(c(=O)[nH]1)CC(C)(C)CC2. The van der Waals surface area contributed by atoms with E-state index in [9.17, 15) is 4.79 Å². The molecule has 0 aliphatic heterocycles. The highest BCUT2D eigenvalue weighted by Gasteiger charge is 2.28. The summed E-state index contributed by atoms with van der Waals surface area (Å²) in [6.07, 6.45) is 2.76. The molecule has 1 atom stereocenters. The van der Waals surface area contributed by atoms with Crippen LogP contribution in [0.5, 0.6) is 0 Å². The molecule has 0 bridgehead atoms. The number of fused-ring (bicyclic) bond motifs is 1. The van der Waals surface area contributed by atoms with Crippen LogP contribution < -0.4 is 5.56 Å². The number of rotatable bonds is 1. The van der Waals surface area contributed by atoms with E-state index in [4.69, 9.17) is 11.6 Å². The Kier molecular flexibility index (Phi) is 2.82. The molecule has 0 aromatic carbocycles. The number of halogens is 1. The van der Waals surface area contributed by atoms with Crippen molar-refractivity contribution in [1.82, 2.24) is 9.97 Å². The van der Waals surface area contributed by atoms with Crippen molar-refractivity contribution < 1.29 is 0 Å². The van der Waals surface area contributed by atoms with E-state index in [-0.39, 0.29) is 16.4 Å². The minimum atomic E-state index is -0.243. The molecule has 0 saturated heterocycles. The van der Waals surface area contributed by atoms with Crippen molar-refractivity contribution in [3.8, 4) is 0 Å². The lowest BCUT2D eigenvalue weighted by Gasteiger charge is -2.30. The second-order valence-electron chi connectivity index (χ2n) is 5.33. The number of H-pyrrole nitrogens is 1. The highest BCUT2D eigenvalue weighted by molar-refractivity contribution is 6.20. The molecular formula is C12H17ClN2O. The molecule has 1 aliphatic rings. The van der Waals surface area contributed by atoms with Crippen LogP contribution >= 0.6 is 11.6 Å². The number of aryl methyl sites for hydroxylation is 1. The summed E-state index contributed by atoms with van der Waals surface area (Å²) in [7, 11) is 0. The molecule has 2 rings (SSSR count). The van der Waals surface area contributed by atoms with Gasteiger partial charge in [0.1, 0.15) is 5.82 Å². The highest BCUT2D eigenvalue weighted by Crippen LogP contribution is 2.32. The van der Waals surface area contributed by atoms with Gasteiger partial charge in [-0.1, -0.05) is 13.8 Å². The second kappa shape index (κ2) is 3.88. The second-order valence-corrected chi connectivity index (χ2v) is 5.99. The van der Waals surface area contributed by atoms with Gasteiger partial charge in [-0.2, -0.15) is 0 Å². The van der Waals surface area contributed by atoms with Crippen molar-refractivity contribution in [3.05, 3.63) is 27.4 Å². The molecule has 0 fully saturated rings. The lowest BCUT2D eigenvalue weighted by atomic mass is 9.76. The van der Waals surface area contributed by atoms with Gasteiger partial charge in [0, 0.05) is 5.56 Å². The lowest BCUT2D eigenvalue weighted by molar-refractivity contribution is 0.309. The number of aromatic amines is 1. The zero-order valence-corrected chi connectivity index (χ0v) is 10.7. The first-order valence-corrected chi connectivity index (χ1v) is 6.09. The number of nitrogens with zero attached hydrogens (tertiary/aromatic N) is 1. The standard InChI is InChI=1S/C12H17ClN2O/c1-7(13)10-14-9-4-5-12(2,3)6-8(9)11(16)15-10/h7H,4-6H2,1-3H3,(H,14,15,16). The zero-order chi connectivity index (χ0) is 11.9. The fraction of sp³-hybridized carbons (Fsp3) is 0.667. The van der Waals surface area contributed by atoms with E-state index in [2.05, 4.69) is 23.8 Å². The summed E-state index contributed by atoms with van der Waals surface area (Å²) >= 11 is 5.94. The van der Waals surface area contributed by atoms with Crippen LogP contribution in [0.4, 0.5) is 0 Å². The average molecular weight is 241 g/mol. The van der Waals surface area contributed by atoms with E-state index >= 15 is 0 Å². The summed E-state index contributed by atoms with van der Waals surface area (Å²) in [6.45, 7) is 6.19. The van der Waals surface area contributed by atoms with Gasteiger partial charge in [-0.15, -0.1) is 11.6 Å². The summed E-state index contributed by atoms with van der Waals surface area (Å²) < 4.78 is 0. The maximum absolute atomic E-state index is 11.9. The third kappa shape index (κ3) is 2.14. The molecule has 4 heteroatoms. The number of hydrogen-bond acceptors (Lipinski definition) is 2. The molecule has 3 nitrogen and oxygen atoms in total. The van der Waals surface area contributed by atoms with Crippen LogP contribution in [-0.4, -0.2) is 9.97 Å². The van der Waals surface area contributed by atoms with Crippen LogP contribution in [0.2, 0.25) is 0 Å². The van der Waals surface area contributed by atoms with Gasteiger partial charge in [-0.3, -0.25) is 4.79 Å². The van der Waals surface area contributed by atoms with E-state index in [1.54, 1.807) is 0 Å². The van der Waals surface area contributed by atoms with Crippen molar-refractivity contribution >= 4 is 11.6 Å². The quantitative estimate of drug-likeness (QED) is 0.767. The topological polar surface area (TPSA) is 45.8 Å². The van der Waals surface area contributed by atoms with Crippen LogP contribution in [0.25, 0.3) is 0 Å². The molecule has 0 spiro atoms. The number of aromatic nitrogens is 2. The van der Waals surface area contributed by atoms with Crippen molar-refractivity contribution in [3.63, 3.8) is 0 Å². The molecule has 1 N–H and O–H groups in total. The highest BCUT2D eigenvalue weighted by atomic mass is 35.5. The fourth-order valence-corrected chi connectivity index (χ4v) is 2.27. The van der Waals surface area contributed by atoms with Gasteiger partial charge in [-0.05, 0) is 31.6 Å². The Morgan fingerprint density at radius 2 is 2.19 bits per heavy atom. The summed E-state index contributed by atoms with van der Waals surface area (Å²) in [5.41, 5.74) is 1.97. The molecule has 16 heavy (non-hydrogen) atoms. The van der Waals surface area contributed by atoms with Gasteiger partial charge >= 0.3 is 0 Å². The van der Waals surface area contributed by atoms with Gasteiger partial charge in [0.2, 0.25) is 0 Å². The molecule has 1 aromatic rings. The number of alkyl halides is 1. The van der Waals surface area contributed by atoms with Crippen LogP contribution in [0.1, 0.15) is 49.7 Å². The van der Waals surface area contributed by atoms with Crippen molar-refractivity contribution in [2.24, 2.45) is 5.41 Å². The summed E-state index contributed by atoms with van der Waals surface area (Å²) in [6, 6.07) is 0. The van der Waals surface area contributed by atoms with Gasteiger partial charge in [0.15, 0.2) is 0 Å². The Morgan fingerprint density at radius 3 is 2.81 bits per heavy atom. The van der Waals surface area contributed by atoms with E-state index in [1.807, 2.05) is 6.92 Å². The Bertz CT molecular complexity index is 463. The average Bonchev–Trinajstić information content (AvgIpc) is 2.18. The molecule has 0 radical (unpaired) electrons. The monoisotopic (exact) mass is 240 g/mol. The molecule has 0 saturated carbocycles. The molecule has 1 aromatic heterocycles. The summed E-state index contributed by atoms with van der Waals surface area (Å²) in [5, 5.41) is -0.243. The lowest BCUT2D eigenvalue weighted by Crippen LogP contribution is -2.31. The first-order valence-electron chi connectivity index (χ1n) is 5.65. The molecule has 1 aliphatic carbocycles. The maximum Gasteiger partial charge on any atom is 0.254 e. The first kappa shape index (κ1) is 11.6. The van der Waals surface area contributed by atoms with Crippen LogP contribution in [0.3, 0.4) is 0 Å². The van der Waals surface area contributed by atoms with Crippen molar-refractivity contribution in [2.45, 2.75) is 45.4 Å². The molecule has 1 heterocycles. The van der Waals surface area contributed by atoms with Crippen molar-refractivity contribution in [2.75, 3.05) is 0 Å². The van der Waals surface area contributed by atoms with Gasteiger partial charge in [0.25, 0.3) is 5.56 Å². The Hall–Kier alpha value is -0.830. The van der Waals surface area contributed by atoms with E-state index in [1.165, 1.54) is 0 Å². The summed E-state index contributed by atoms with van der Waals surface area (Å²) in [4.78, 5) is 19.1. The minimum absolute atomic E-state index is 0.0136. The minimum Gasteiger partial charge on any atom is -0.309 e. The Labute approximate surface area is 100 Å². The smallest absolute Gasteiger partial charge is 0.254 e. The Balaban J connectivity index is 2.49. The van der Waals surface area contributed by atoms with E-state index in [0.717, 1.165) is 30.5 Å². The normalized spacial score (nSPS) is 20.2. The van der Waals surface area contributed by atoms with Gasteiger partial charge in [0.05, 0.1) is 11.1 Å². The van der Waals surface area contributed by atoms with E-state index < -0.39 is 0 Å². The first-order chi connectivity index (χ1) is 7.39.